The van der Waals surface area contributed by atoms with Gasteiger partial charge in [0.2, 0.25) is 0 Å². The zero-order chi connectivity index (χ0) is 11.8. The first-order valence-electron chi connectivity index (χ1n) is 5.37. The molecule has 16 heavy (non-hydrogen) atoms. The molecule has 0 saturated heterocycles. The quantitative estimate of drug-likeness (QED) is 0.798. The largest absolute Gasteiger partial charge is 0.282 e. The van der Waals surface area contributed by atoms with Crippen molar-refractivity contribution in [2.75, 3.05) is 0 Å². The molecule has 0 radical (unpaired) electrons. The number of hydrogen-bond donors (Lipinski definition) is 2. The van der Waals surface area contributed by atoms with Crippen LogP contribution in [0.25, 0.3) is 0 Å². The lowest BCUT2D eigenvalue weighted by Crippen LogP contribution is -2.26. The van der Waals surface area contributed by atoms with Gasteiger partial charge in [0.25, 0.3) is 15.2 Å². The van der Waals surface area contributed by atoms with Crippen molar-refractivity contribution in [3.8, 4) is 0 Å². The minimum atomic E-state index is -3.80. The van der Waals surface area contributed by atoms with E-state index in [0.717, 1.165) is 25.7 Å². The van der Waals surface area contributed by atoms with E-state index in [2.05, 4.69) is 22.1 Å². The molecule has 7 heteroatoms. The maximum absolute atomic E-state index is 11.1. The summed E-state index contributed by atoms with van der Waals surface area (Å²) < 4.78 is 22.1. The Kier molecular flexibility index (Phi) is 2.75. The van der Waals surface area contributed by atoms with Crippen LogP contribution in [-0.4, -0.2) is 23.6 Å². The highest BCUT2D eigenvalue weighted by Crippen LogP contribution is 2.37. The van der Waals surface area contributed by atoms with E-state index in [9.17, 15) is 8.42 Å². The van der Waals surface area contributed by atoms with E-state index in [1.165, 1.54) is 6.42 Å². The average molecular weight is 244 g/mol. The molecule has 0 bridgehead atoms. The van der Waals surface area contributed by atoms with Gasteiger partial charge in [0.1, 0.15) is 5.82 Å². The second-order valence-corrected chi connectivity index (χ2v) is 6.09. The van der Waals surface area contributed by atoms with Crippen molar-refractivity contribution in [2.24, 2.45) is 5.14 Å². The highest BCUT2D eigenvalue weighted by Gasteiger charge is 2.33. The molecule has 1 aromatic heterocycles. The third kappa shape index (κ3) is 2.10. The van der Waals surface area contributed by atoms with Gasteiger partial charge < -0.3 is 0 Å². The van der Waals surface area contributed by atoms with Gasteiger partial charge in [-0.15, -0.1) is 5.10 Å². The summed E-state index contributed by atoms with van der Waals surface area (Å²) >= 11 is 0. The molecule has 1 aliphatic rings. The van der Waals surface area contributed by atoms with Crippen LogP contribution in [0.15, 0.2) is 5.16 Å². The van der Waals surface area contributed by atoms with Crippen molar-refractivity contribution in [1.82, 2.24) is 15.2 Å². The Hall–Kier alpha value is -0.950. The lowest BCUT2D eigenvalue weighted by Gasteiger charge is -2.30. The minimum Gasteiger partial charge on any atom is -0.261 e. The minimum absolute atomic E-state index is 0.0891. The van der Waals surface area contributed by atoms with Gasteiger partial charge in [-0.3, -0.25) is 5.10 Å². The van der Waals surface area contributed by atoms with E-state index in [4.69, 9.17) is 5.14 Å². The van der Waals surface area contributed by atoms with E-state index in [-0.39, 0.29) is 10.6 Å². The normalized spacial score (nSPS) is 20.9. The predicted molar refractivity (Wildman–Crippen MR) is 58.2 cm³/mol. The molecule has 0 atom stereocenters. The number of H-pyrrole nitrogens is 1. The molecule has 1 aromatic rings. The fourth-order valence-corrected chi connectivity index (χ4v) is 2.60. The third-order valence-electron chi connectivity index (χ3n) is 3.25. The number of nitrogens with zero attached hydrogens (tertiary/aromatic N) is 2. The maximum Gasteiger partial charge on any atom is 0.282 e. The molecule has 1 fully saturated rings. The van der Waals surface area contributed by atoms with Crippen LogP contribution >= 0.6 is 0 Å². The number of primary sulfonamides is 1. The van der Waals surface area contributed by atoms with E-state index >= 15 is 0 Å². The van der Waals surface area contributed by atoms with Crippen LogP contribution < -0.4 is 5.14 Å². The Morgan fingerprint density at radius 3 is 2.44 bits per heavy atom. The first-order valence-corrected chi connectivity index (χ1v) is 6.92. The third-order valence-corrected chi connectivity index (χ3v) is 3.94. The standard InChI is InChI=1S/C9H16N4O2S/c1-9(5-3-2-4-6-9)7-11-8(13-12-7)16(10,14)15/h2-6H2,1H3,(H2,10,14,15)(H,11,12,13). The molecule has 90 valence electrons. The van der Waals surface area contributed by atoms with E-state index in [0.29, 0.717) is 5.82 Å². The van der Waals surface area contributed by atoms with Gasteiger partial charge >= 0.3 is 0 Å². The summed E-state index contributed by atoms with van der Waals surface area (Å²) in [5.41, 5.74) is -0.0891. The van der Waals surface area contributed by atoms with E-state index in [1.54, 1.807) is 0 Å². The van der Waals surface area contributed by atoms with Crippen LogP contribution in [0.2, 0.25) is 0 Å². The Labute approximate surface area is 94.7 Å². The van der Waals surface area contributed by atoms with Crippen LogP contribution in [-0.2, 0) is 15.4 Å². The molecule has 1 heterocycles. The molecule has 1 saturated carbocycles. The summed E-state index contributed by atoms with van der Waals surface area (Å²) in [6.07, 6.45) is 5.52. The summed E-state index contributed by atoms with van der Waals surface area (Å²) in [6.45, 7) is 2.08. The Balaban J connectivity index is 2.31. The number of aromatic nitrogens is 3. The molecule has 0 unspecified atom stereocenters. The molecule has 1 aliphatic carbocycles. The molecule has 3 N–H and O–H groups in total. The summed E-state index contributed by atoms with van der Waals surface area (Å²) in [6, 6.07) is 0. The highest BCUT2D eigenvalue weighted by atomic mass is 32.2. The van der Waals surface area contributed by atoms with E-state index in [1.807, 2.05) is 0 Å². The summed E-state index contributed by atoms with van der Waals surface area (Å²) in [5.74, 6) is 0.635. The lowest BCUT2D eigenvalue weighted by atomic mass is 9.75. The summed E-state index contributed by atoms with van der Waals surface area (Å²) in [5, 5.41) is 11.0. The van der Waals surface area contributed by atoms with Crippen molar-refractivity contribution in [3.63, 3.8) is 0 Å². The molecular weight excluding hydrogens is 228 g/mol. The number of sulfonamides is 1. The predicted octanol–water partition coefficient (Wildman–Crippen LogP) is 0.674. The molecule has 6 nitrogen and oxygen atoms in total. The Bertz CT molecular complexity index is 473. The number of nitrogens with one attached hydrogen (secondary N) is 1. The maximum atomic E-state index is 11.1. The first kappa shape index (κ1) is 11.5. The smallest absolute Gasteiger partial charge is 0.261 e. The van der Waals surface area contributed by atoms with Crippen LogP contribution in [0.3, 0.4) is 0 Å². The van der Waals surface area contributed by atoms with Crippen LogP contribution in [0.5, 0.6) is 0 Å². The Morgan fingerprint density at radius 2 is 1.94 bits per heavy atom. The molecular formula is C9H16N4O2S. The number of aromatic amines is 1. The van der Waals surface area contributed by atoms with Gasteiger partial charge in [-0.1, -0.05) is 26.2 Å². The van der Waals surface area contributed by atoms with Crippen LogP contribution in [0.4, 0.5) is 0 Å². The fraction of sp³-hybridized carbons (Fsp3) is 0.778. The van der Waals surface area contributed by atoms with Crippen molar-refractivity contribution in [3.05, 3.63) is 5.82 Å². The molecule has 0 spiro atoms. The Morgan fingerprint density at radius 1 is 1.31 bits per heavy atom. The second-order valence-electron chi connectivity index (χ2n) is 4.63. The zero-order valence-electron chi connectivity index (χ0n) is 9.23. The average Bonchev–Trinajstić information content (AvgIpc) is 2.67. The van der Waals surface area contributed by atoms with Crippen LogP contribution in [0, 0.1) is 0 Å². The van der Waals surface area contributed by atoms with Gasteiger partial charge in [0.15, 0.2) is 0 Å². The van der Waals surface area contributed by atoms with Gasteiger partial charge in [-0.2, -0.15) is 0 Å². The molecule has 2 rings (SSSR count). The van der Waals surface area contributed by atoms with Crippen molar-refractivity contribution in [1.29, 1.82) is 0 Å². The second kappa shape index (κ2) is 3.81. The first-order chi connectivity index (χ1) is 7.42. The van der Waals surface area contributed by atoms with Crippen LogP contribution in [0.1, 0.15) is 44.9 Å². The van der Waals surface area contributed by atoms with Crippen molar-refractivity contribution < 1.29 is 8.42 Å². The summed E-state index contributed by atoms with van der Waals surface area (Å²) in [4.78, 5) is 4.00. The number of rotatable bonds is 2. The van der Waals surface area contributed by atoms with Crippen molar-refractivity contribution in [2.45, 2.75) is 49.6 Å². The number of hydrogen-bond acceptors (Lipinski definition) is 4. The van der Waals surface area contributed by atoms with Gasteiger partial charge in [0, 0.05) is 5.41 Å². The number of nitrogens with two attached hydrogens (primary N) is 1. The van der Waals surface area contributed by atoms with E-state index < -0.39 is 10.0 Å². The van der Waals surface area contributed by atoms with Gasteiger partial charge in [-0.05, 0) is 12.8 Å². The lowest BCUT2D eigenvalue weighted by molar-refractivity contribution is 0.304. The summed E-state index contributed by atoms with van der Waals surface area (Å²) in [7, 11) is -3.80. The fourth-order valence-electron chi connectivity index (χ4n) is 2.21. The monoisotopic (exact) mass is 244 g/mol. The topological polar surface area (TPSA) is 102 Å². The van der Waals surface area contributed by atoms with Crippen molar-refractivity contribution >= 4 is 10.0 Å². The highest BCUT2D eigenvalue weighted by molar-refractivity contribution is 7.89. The SMILES string of the molecule is CC1(c2nc(S(N)(=O)=O)n[nH]2)CCCCC1. The zero-order valence-corrected chi connectivity index (χ0v) is 10.0. The van der Waals surface area contributed by atoms with Gasteiger partial charge in [-0.25, -0.2) is 18.5 Å². The van der Waals surface area contributed by atoms with Gasteiger partial charge in [0.05, 0.1) is 0 Å². The molecule has 0 amide bonds. The molecule has 0 aromatic carbocycles. The molecule has 0 aliphatic heterocycles.